The van der Waals surface area contributed by atoms with E-state index in [1.807, 2.05) is 19.1 Å². The lowest BCUT2D eigenvalue weighted by Crippen LogP contribution is -2.29. The lowest BCUT2D eigenvalue weighted by Gasteiger charge is -2.14. The van der Waals surface area contributed by atoms with E-state index in [1.165, 1.54) is 18.2 Å². The van der Waals surface area contributed by atoms with Crippen molar-refractivity contribution in [2.75, 3.05) is 9.62 Å². The largest absolute Gasteiger partial charge is 0.322 e. The molecule has 6 nitrogen and oxygen atoms in total. The molecule has 0 aromatic heterocycles. The van der Waals surface area contributed by atoms with Crippen molar-refractivity contribution in [1.29, 1.82) is 0 Å². The Bertz CT molecular complexity index is 1190. The average Bonchev–Trinajstić information content (AvgIpc) is 2.89. The van der Waals surface area contributed by atoms with Crippen LogP contribution in [0.1, 0.15) is 26.3 Å². The highest BCUT2D eigenvalue weighted by atomic mass is 32.2. The molecule has 2 amide bonds. The highest BCUT2D eigenvalue weighted by Gasteiger charge is 2.42. The minimum absolute atomic E-state index is 0.0516. The first-order valence-corrected chi connectivity index (χ1v) is 9.99. The summed E-state index contributed by atoms with van der Waals surface area (Å²) in [6.45, 7) is 1.94. The molecule has 0 fully saturated rings. The number of nitrogens with one attached hydrogen (secondary N) is 1. The van der Waals surface area contributed by atoms with Gasteiger partial charge in [-0.25, -0.2) is 8.42 Å². The molecule has 1 aliphatic rings. The van der Waals surface area contributed by atoms with Gasteiger partial charge in [0.25, 0.3) is 21.8 Å². The Kier molecular flexibility index (Phi) is 4.24. The van der Waals surface area contributed by atoms with Crippen molar-refractivity contribution in [1.82, 2.24) is 0 Å². The van der Waals surface area contributed by atoms with Gasteiger partial charge in [0.15, 0.2) is 0 Å². The zero-order valence-corrected chi connectivity index (χ0v) is 15.7. The van der Waals surface area contributed by atoms with Crippen LogP contribution < -0.4 is 9.62 Å². The highest BCUT2D eigenvalue weighted by Crippen LogP contribution is 2.35. The van der Waals surface area contributed by atoms with Crippen molar-refractivity contribution in [2.24, 2.45) is 0 Å². The average molecular weight is 392 g/mol. The Hall–Kier alpha value is -3.45. The van der Waals surface area contributed by atoms with Crippen LogP contribution in [0.5, 0.6) is 0 Å². The van der Waals surface area contributed by atoms with Gasteiger partial charge in [0.1, 0.15) is 4.90 Å². The topological polar surface area (TPSA) is 83.6 Å². The van der Waals surface area contributed by atoms with Gasteiger partial charge in [-0.15, -0.1) is 0 Å². The first-order chi connectivity index (χ1) is 13.4. The number of aryl methyl sites for hydroxylation is 1. The molecule has 140 valence electrons. The summed E-state index contributed by atoms with van der Waals surface area (Å²) in [5.74, 6) is -1.08. The van der Waals surface area contributed by atoms with Crippen molar-refractivity contribution in [3.05, 3.63) is 89.5 Å². The van der Waals surface area contributed by atoms with Crippen LogP contribution in [-0.2, 0) is 10.0 Å². The normalized spacial score (nSPS) is 14.6. The molecular formula is C21H16N2O4S. The Morgan fingerprint density at radius 2 is 1.61 bits per heavy atom. The summed E-state index contributed by atoms with van der Waals surface area (Å²) in [4.78, 5) is 25.0. The lowest BCUT2D eigenvalue weighted by atomic mass is 10.1. The molecule has 4 rings (SSSR count). The fourth-order valence-corrected chi connectivity index (χ4v) is 4.65. The number of sulfonamides is 1. The maximum absolute atomic E-state index is 12.9. The zero-order chi connectivity index (χ0) is 19.9. The summed E-state index contributed by atoms with van der Waals surface area (Å²) in [7, 11) is -4.08. The molecular weight excluding hydrogens is 376 g/mol. The minimum Gasteiger partial charge on any atom is -0.322 e. The van der Waals surface area contributed by atoms with Crippen molar-refractivity contribution < 1.29 is 18.0 Å². The number of carbonyl (C=O) groups is 2. The number of benzene rings is 3. The summed E-state index contributed by atoms with van der Waals surface area (Å²) in [5.41, 5.74) is 2.12. The first kappa shape index (κ1) is 17.9. The molecule has 0 bridgehead atoms. The van der Waals surface area contributed by atoms with E-state index < -0.39 is 21.8 Å². The van der Waals surface area contributed by atoms with E-state index in [9.17, 15) is 18.0 Å². The monoisotopic (exact) mass is 392 g/mol. The standard InChI is InChI=1S/C21H16N2O4S/c1-14-7-10-16(11-8-14)22-20(24)15-9-12-18-19(13-15)28(26,27)23(21(18)25)17-5-3-2-4-6-17/h2-13H,1H3,(H,22,24). The van der Waals surface area contributed by atoms with Gasteiger partial charge in [0.05, 0.1) is 11.3 Å². The number of anilines is 2. The van der Waals surface area contributed by atoms with E-state index in [0.29, 0.717) is 5.69 Å². The molecule has 0 unspecified atom stereocenters. The van der Waals surface area contributed by atoms with Gasteiger partial charge in [0.2, 0.25) is 0 Å². The number of carbonyl (C=O) groups excluding carboxylic acids is 2. The van der Waals surface area contributed by atoms with Gasteiger partial charge >= 0.3 is 0 Å². The third-order valence-corrected chi connectivity index (χ3v) is 6.23. The Morgan fingerprint density at radius 3 is 2.29 bits per heavy atom. The van der Waals surface area contributed by atoms with E-state index in [-0.39, 0.29) is 21.7 Å². The van der Waals surface area contributed by atoms with Gasteiger partial charge in [-0.1, -0.05) is 35.9 Å². The highest BCUT2D eigenvalue weighted by molar-refractivity contribution is 7.94. The van der Waals surface area contributed by atoms with Crippen LogP contribution in [-0.4, -0.2) is 20.2 Å². The predicted octanol–water partition coefficient (Wildman–Crippen LogP) is 3.60. The molecule has 0 saturated carbocycles. The molecule has 0 spiro atoms. The van der Waals surface area contributed by atoms with Gasteiger partial charge in [-0.3, -0.25) is 9.59 Å². The van der Waals surface area contributed by atoms with Crippen LogP contribution in [0.3, 0.4) is 0 Å². The molecule has 3 aromatic rings. The molecule has 0 saturated heterocycles. The minimum atomic E-state index is -4.08. The fourth-order valence-electron chi connectivity index (χ4n) is 3.03. The SMILES string of the molecule is Cc1ccc(NC(=O)c2ccc3c(c2)S(=O)(=O)N(c2ccccc2)C3=O)cc1. The molecule has 1 heterocycles. The van der Waals surface area contributed by atoms with Crippen LogP contribution >= 0.6 is 0 Å². The van der Waals surface area contributed by atoms with Crippen molar-refractivity contribution in [2.45, 2.75) is 11.8 Å². The molecule has 28 heavy (non-hydrogen) atoms. The summed E-state index contributed by atoms with van der Waals surface area (Å²) in [6.07, 6.45) is 0. The van der Waals surface area contributed by atoms with Crippen molar-refractivity contribution in [3.63, 3.8) is 0 Å². The van der Waals surface area contributed by atoms with Gasteiger partial charge in [-0.2, -0.15) is 4.31 Å². The van der Waals surface area contributed by atoms with Crippen molar-refractivity contribution in [3.8, 4) is 0 Å². The molecule has 0 radical (unpaired) electrons. The van der Waals surface area contributed by atoms with Crippen LogP contribution in [0, 0.1) is 6.92 Å². The van der Waals surface area contributed by atoms with E-state index in [2.05, 4.69) is 5.32 Å². The molecule has 1 aliphatic heterocycles. The van der Waals surface area contributed by atoms with Gasteiger partial charge in [0, 0.05) is 11.3 Å². The maximum atomic E-state index is 12.9. The van der Waals surface area contributed by atoms with E-state index in [4.69, 9.17) is 0 Å². The number of nitrogens with zero attached hydrogens (tertiary/aromatic N) is 1. The van der Waals surface area contributed by atoms with Crippen LogP contribution in [0.4, 0.5) is 11.4 Å². The second-order valence-corrected chi connectivity index (χ2v) is 8.20. The van der Waals surface area contributed by atoms with Crippen molar-refractivity contribution >= 4 is 33.2 Å². The molecule has 7 heteroatoms. The molecule has 1 N–H and O–H groups in total. The third-order valence-electron chi connectivity index (χ3n) is 4.48. The number of rotatable bonds is 3. The Labute approximate surface area is 162 Å². The Balaban J connectivity index is 1.69. The van der Waals surface area contributed by atoms with Gasteiger partial charge in [-0.05, 0) is 49.4 Å². The summed E-state index contributed by atoms with van der Waals surface area (Å²) in [6, 6.07) is 19.5. The summed E-state index contributed by atoms with van der Waals surface area (Å²) >= 11 is 0. The van der Waals surface area contributed by atoms with E-state index in [0.717, 1.165) is 9.87 Å². The van der Waals surface area contributed by atoms with Crippen LogP contribution in [0.15, 0.2) is 77.7 Å². The Morgan fingerprint density at radius 1 is 0.929 bits per heavy atom. The fraction of sp³-hybridized carbons (Fsp3) is 0.0476. The lowest BCUT2D eigenvalue weighted by molar-refractivity contribution is 0.100. The second kappa shape index (κ2) is 6.61. The number of hydrogen-bond donors (Lipinski definition) is 1. The molecule has 0 aliphatic carbocycles. The zero-order valence-electron chi connectivity index (χ0n) is 14.9. The second-order valence-electron chi connectivity index (χ2n) is 6.44. The number of hydrogen-bond acceptors (Lipinski definition) is 4. The van der Waals surface area contributed by atoms with E-state index >= 15 is 0 Å². The quantitative estimate of drug-likeness (QED) is 0.738. The third kappa shape index (κ3) is 2.95. The van der Waals surface area contributed by atoms with Gasteiger partial charge < -0.3 is 5.32 Å². The maximum Gasteiger partial charge on any atom is 0.273 e. The van der Waals surface area contributed by atoms with E-state index in [1.54, 1.807) is 42.5 Å². The number of para-hydroxylation sites is 1. The number of amides is 2. The summed E-state index contributed by atoms with van der Waals surface area (Å²) < 4.78 is 26.6. The predicted molar refractivity (Wildman–Crippen MR) is 106 cm³/mol. The summed E-state index contributed by atoms with van der Waals surface area (Å²) in [5, 5.41) is 2.73. The molecule has 0 atom stereocenters. The van der Waals surface area contributed by atoms with Crippen LogP contribution in [0.2, 0.25) is 0 Å². The number of fused-ring (bicyclic) bond motifs is 1. The first-order valence-electron chi connectivity index (χ1n) is 8.55. The van der Waals surface area contributed by atoms with Crippen LogP contribution in [0.25, 0.3) is 0 Å². The molecule has 3 aromatic carbocycles. The smallest absolute Gasteiger partial charge is 0.273 e.